The maximum Gasteiger partial charge on any atom is 0.254 e. The zero-order chi connectivity index (χ0) is 25.7. The number of carbonyl (C=O) groups is 1. The van der Waals surface area contributed by atoms with E-state index in [2.05, 4.69) is 30.8 Å². The molecule has 4 N–H and O–H groups in total. The monoisotopic (exact) mass is 492 g/mol. The Morgan fingerprint density at radius 3 is 2.61 bits per heavy atom. The molecule has 2 heterocycles. The molecule has 36 heavy (non-hydrogen) atoms. The van der Waals surface area contributed by atoms with E-state index in [1.165, 1.54) is 6.20 Å². The highest BCUT2D eigenvalue weighted by Gasteiger charge is 2.26. The number of primary amides is 1. The van der Waals surface area contributed by atoms with Crippen molar-refractivity contribution in [3.63, 3.8) is 0 Å². The van der Waals surface area contributed by atoms with E-state index < -0.39 is 17.6 Å². The van der Waals surface area contributed by atoms with Crippen molar-refractivity contribution >= 4 is 29.4 Å². The number of amides is 1. The summed E-state index contributed by atoms with van der Waals surface area (Å²) in [6.45, 7) is 5.42. The van der Waals surface area contributed by atoms with Gasteiger partial charge in [0, 0.05) is 29.1 Å². The topological polar surface area (TPSA) is 164 Å². The molecule has 11 heteroatoms. The van der Waals surface area contributed by atoms with E-state index in [4.69, 9.17) is 15.0 Å². The maximum absolute atomic E-state index is 12.3. The van der Waals surface area contributed by atoms with E-state index >= 15 is 0 Å². The molecule has 1 saturated carbocycles. The Balaban J connectivity index is 1.52. The number of aliphatic imine (C=N–C) groups is 1. The van der Waals surface area contributed by atoms with Crippen molar-refractivity contribution in [3.8, 4) is 11.3 Å². The molecule has 11 nitrogen and oxygen atoms in total. The fourth-order valence-electron chi connectivity index (χ4n) is 3.97. The van der Waals surface area contributed by atoms with Crippen LogP contribution in [-0.4, -0.2) is 44.8 Å². The first-order valence-electron chi connectivity index (χ1n) is 11.8. The van der Waals surface area contributed by atoms with Crippen molar-refractivity contribution in [2.24, 2.45) is 10.7 Å². The van der Waals surface area contributed by atoms with Crippen molar-refractivity contribution in [1.29, 1.82) is 0 Å². The number of hydrogen-bond donors (Lipinski definition) is 3. The van der Waals surface area contributed by atoms with Gasteiger partial charge in [-0.05, 0) is 37.1 Å². The lowest BCUT2D eigenvalue weighted by molar-refractivity contribution is -0.261. The molecule has 3 aromatic rings. The second-order valence-electron chi connectivity index (χ2n) is 9.61. The third-order valence-electron chi connectivity index (χ3n) is 5.63. The molecular weight excluding hydrogens is 462 g/mol. The van der Waals surface area contributed by atoms with Gasteiger partial charge in [-0.1, -0.05) is 38.8 Å². The minimum atomic E-state index is -0.655. The number of carbonyl (C=O) groups excluding carboxylic acids is 1. The van der Waals surface area contributed by atoms with Crippen molar-refractivity contribution < 1.29 is 19.2 Å². The van der Waals surface area contributed by atoms with Crippen LogP contribution in [0.4, 0.5) is 17.5 Å². The van der Waals surface area contributed by atoms with Gasteiger partial charge in [-0.3, -0.25) is 9.79 Å². The van der Waals surface area contributed by atoms with Gasteiger partial charge in [0.15, 0.2) is 5.76 Å². The first kappa shape index (κ1) is 25.0. The third kappa shape index (κ3) is 6.49. The fourth-order valence-corrected chi connectivity index (χ4v) is 3.97. The van der Waals surface area contributed by atoms with E-state index in [9.17, 15) is 9.90 Å². The van der Waals surface area contributed by atoms with Crippen LogP contribution in [0, 0.1) is 0 Å². The Bertz CT molecular complexity index is 1200. The molecule has 1 aliphatic carbocycles. The zero-order valence-corrected chi connectivity index (χ0v) is 20.5. The molecule has 4 rings (SSSR count). The third-order valence-corrected chi connectivity index (χ3v) is 5.63. The van der Waals surface area contributed by atoms with Crippen LogP contribution in [0.5, 0.6) is 0 Å². The van der Waals surface area contributed by atoms with Crippen molar-refractivity contribution in [2.45, 2.75) is 64.1 Å². The minimum Gasteiger partial charge on any atom is -0.595 e. The van der Waals surface area contributed by atoms with Crippen molar-refractivity contribution in [2.75, 3.05) is 10.6 Å². The Kier molecular flexibility index (Phi) is 7.37. The average Bonchev–Trinajstić information content (AvgIpc) is 3.35. The first-order chi connectivity index (χ1) is 17.2. The van der Waals surface area contributed by atoms with Crippen molar-refractivity contribution in [1.82, 2.24) is 15.1 Å². The van der Waals surface area contributed by atoms with Gasteiger partial charge in [0.1, 0.15) is 17.5 Å². The summed E-state index contributed by atoms with van der Waals surface area (Å²) in [5, 5.41) is 22.4. The second-order valence-corrected chi connectivity index (χ2v) is 9.61. The van der Waals surface area contributed by atoms with Crippen LogP contribution in [-0.2, 0) is 4.74 Å². The number of nitrogens with one attached hydrogen (secondary N) is 2. The minimum absolute atomic E-state index is 0.151. The molecule has 1 amide bonds. The number of ether oxygens (including phenoxy) is 1. The van der Waals surface area contributed by atoms with Gasteiger partial charge in [-0.15, -0.1) is 0 Å². The number of nitrogens with two attached hydrogens (primary N) is 1. The lowest BCUT2D eigenvalue weighted by atomic mass is 9.91. The highest BCUT2D eigenvalue weighted by Crippen LogP contribution is 2.27. The molecule has 2 aromatic heterocycles. The molecule has 0 spiro atoms. The van der Waals surface area contributed by atoms with Gasteiger partial charge in [0.25, 0.3) is 5.91 Å². The quantitative estimate of drug-likeness (QED) is 0.332. The molecule has 2 atom stereocenters. The molecule has 0 radical (unpaired) electrons. The van der Waals surface area contributed by atoms with Gasteiger partial charge in [0.05, 0.1) is 18.3 Å². The normalized spacial score (nSPS) is 18.5. The predicted octanol–water partition coefficient (Wildman–Crippen LogP) is 3.23. The molecule has 0 aliphatic heterocycles. The van der Waals surface area contributed by atoms with E-state index in [0.717, 1.165) is 31.2 Å². The number of rotatable bonds is 7. The summed E-state index contributed by atoms with van der Waals surface area (Å²) in [6, 6.07) is 8.72. The SMILES string of the molecule is CC(C)(C)OC([O-])=N[C@H]1CCCC[C@H]1Nc1ncc(C(N)=O)c(Nc2ccc(-c3ccno3)cc2)n1. The van der Waals surface area contributed by atoms with Crippen molar-refractivity contribution in [3.05, 3.63) is 48.3 Å². The largest absolute Gasteiger partial charge is 0.595 e. The smallest absolute Gasteiger partial charge is 0.254 e. The van der Waals surface area contributed by atoms with Gasteiger partial charge in [-0.25, -0.2) is 4.98 Å². The van der Waals surface area contributed by atoms with Crippen LogP contribution in [0.2, 0.25) is 0 Å². The summed E-state index contributed by atoms with van der Waals surface area (Å²) in [5.74, 6) is 0.561. The average molecular weight is 493 g/mol. The van der Waals surface area contributed by atoms with E-state index in [1.807, 2.05) is 24.3 Å². The standard InChI is InChI=1S/C25H31N7O4/c1-25(2,3)35-24(34)31-19-7-5-4-6-18(19)30-23-27-14-17(21(26)33)22(32-23)29-16-10-8-15(9-11-16)20-12-13-28-36-20/h8-14,18-19H,4-7H2,1-3H3,(H2,26,33)(H,31,34)(H2,27,29,30,32)/p-1/t18-,19+/m1/s1. The van der Waals surface area contributed by atoms with Crippen LogP contribution >= 0.6 is 0 Å². The fraction of sp³-hybridized carbons (Fsp3) is 0.400. The highest BCUT2D eigenvalue weighted by molar-refractivity contribution is 5.98. The molecule has 0 saturated heterocycles. The zero-order valence-electron chi connectivity index (χ0n) is 20.5. The van der Waals surface area contributed by atoms with Gasteiger partial charge in [-0.2, -0.15) is 4.98 Å². The van der Waals surface area contributed by atoms with E-state index in [-0.39, 0.29) is 23.5 Å². The summed E-state index contributed by atoms with van der Waals surface area (Å²) in [4.78, 5) is 25.1. The molecule has 0 unspecified atom stereocenters. The van der Waals surface area contributed by atoms with Crippen LogP contribution in [0.1, 0.15) is 56.8 Å². The van der Waals surface area contributed by atoms with Gasteiger partial charge >= 0.3 is 0 Å². The number of aromatic nitrogens is 3. The summed E-state index contributed by atoms with van der Waals surface area (Å²) >= 11 is 0. The molecule has 1 aliphatic rings. The Morgan fingerprint density at radius 1 is 1.19 bits per heavy atom. The lowest BCUT2D eigenvalue weighted by Gasteiger charge is -2.33. The van der Waals surface area contributed by atoms with Crippen LogP contribution in [0.3, 0.4) is 0 Å². The van der Waals surface area contributed by atoms with Crippen LogP contribution in [0.25, 0.3) is 11.3 Å². The molecule has 190 valence electrons. The van der Waals surface area contributed by atoms with Crippen LogP contribution in [0.15, 0.2) is 52.2 Å². The Hall–Kier alpha value is -4.15. The summed E-state index contributed by atoms with van der Waals surface area (Å²) in [7, 11) is 0. The second kappa shape index (κ2) is 10.6. The van der Waals surface area contributed by atoms with E-state index in [1.54, 1.807) is 33.0 Å². The molecule has 1 aromatic carbocycles. The summed E-state index contributed by atoms with van der Waals surface area (Å²) in [6.07, 6.45) is 5.87. The molecule has 0 bridgehead atoms. The van der Waals surface area contributed by atoms with Gasteiger partial charge in [0.2, 0.25) is 5.95 Å². The molecule has 1 fully saturated rings. The highest BCUT2D eigenvalue weighted by atomic mass is 16.6. The molecular formula is C25H30N7O4-. The Labute approximate surface area is 209 Å². The number of anilines is 3. The lowest BCUT2D eigenvalue weighted by Crippen LogP contribution is -2.40. The van der Waals surface area contributed by atoms with Gasteiger partial charge < -0.3 is 30.7 Å². The number of hydrogen-bond acceptors (Lipinski definition) is 10. The summed E-state index contributed by atoms with van der Waals surface area (Å²) in [5.41, 5.74) is 6.64. The first-order valence-corrected chi connectivity index (χ1v) is 11.8. The van der Waals surface area contributed by atoms with E-state index in [0.29, 0.717) is 17.4 Å². The van der Waals surface area contributed by atoms with Crippen LogP contribution < -0.4 is 21.5 Å². The maximum atomic E-state index is 12.3. The Morgan fingerprint density at radius 2 is 1.94 bits per heavy atom. The number of nitrogens with zero attached hydrogens (tertiary/aromatic N) is 4. The summed E-state index contributed by atoms with van der Waals surface area (Å²) < 4.78 is 10.5. The number of benzene rings is 1. The predicted molar refractivity (Wildman–Crippen MR) is 134 cm³/mol.